The molecule has 1 rings (SSSR count). The van der Waals surface area contributed by atoms with E-state index >= 15 is 0 Å². The van der Waals surface area contributed by atoms with Gasteiger partial charge in [-0.3, -0.25) is 4.79 Å². The molecule has 0 bridgehead atoms. The van der Waals surface area contributed by atoms with E-state index in [2.05, 4.69) is 29.3 Å². The summed E-state index contributed by atoms with van der Waals surface area (Å²) < 4.78 is 5.51. The van der Waals surface area contributed by atoms with Gasteiger partial charge in [0.2, 0.25) is 0 Å². The molecule has 1 aromatic rings. The molecule has 5 heteroatoms. The molecule has 0 aliphatic carbocycles. The topological polar surface area (TPSA) is 67.9 Å². The Morgan fingerprint density at radius 3 is 2.72 bits per heavy atom. The van der Waals surface area contributed by atoms with Gasteiger partial charge < -0.3 is 4.74 Å². The lowest BCUT2D eigenvalue weighted by Crippen LogP contribution is -2.21. The number of hydrogen-bond acceptors (Lipinski definition) is 4. The number of rotatable bonds is 8. The molecule has 0 spiro atoms. The number of nitrogens with zero attached hydrogens (tertiary/aromatic N) is 2. The van der Waals surface area contributed by atoms with Crippen molar-refractivity contribution in [2.45, 2.75) is 46.0 Å². The van der Waals surface area contributed by atoms with Gasteiger partial charge in [-0.2, -0.15) is 15.4 Å². The molecular formula is C13H23N3O2. The van der Waals surface area contributed by atoms with Crippen LogP contribution in [0.1, 0.15) is 46.2 Å². The Morgan fingerprint density at radius 1 is 1.44 bits per heavy atom. The van der Waals surface area contributed by atoms with Crippen molar-refractivity contribution in [3.05, 3.63) is 11.9 Å². The number of aromatic nitrogens is 3. The zero-order chi connectivity index (χ0) is 13.6. The number of aromatic amines is 1. The molecule has 0 aliphatic heterocycles. The van der Waals surface area contributed by atoms with Gasteiger partial charge in [0.25, 0.3) is 0 Å². The first-order chi connectivity index (χ1) is 8.43. The molecule has 1 heterocycles. The van der Waals surface area contributed by atoms with E-state index in [0.29, 0.717) is 19.6 Å². The average Bonchev–Trinajstić information content (AvgIpc) is 2.82. The number of ether oxygens (including phenoxy) is 1. The first-order valence-corrected chi connectivity index (χ1v) is 6.40. The maximum Gasteiger partial charge on any atom is 0.137 e. The van der Waals surface area contributed by atoms with Crippen molar-refractivity contribution in [2.24, 2.45) is 5.92 Å². The van der Waals surface area contributed by atoms with Crippen molar-refractivity contribution >= 4 is 5.78 Å². The zero-order valence-electron chi connectivity index (χ0n) is 11.7. The minimum Gasteiger partial charge on any atom is -0.381 e. The van der Waals surface area contributed by atoms with Crippen molar-refractivity contribution in [1.82, 2.24) is 15.4 Å². The zero-order valence-corrected chi connectivity index (χ0v) is 11.7. The van der Waals surface area contributed by atoms with Gasteiger partial charge in [0.15, 0.2) is 0 Å². The van der Waals surface area contributed by atoms with Gasteiger partial charge in [0, 0.05) is 24.4 Å². The van der Waals surface area contributed by atoms with E-state index in [0.717, 1.165) is 12.1 Å². The lowest BCUT2D eigenvalue weighted by Gasteiger charge is -2.21. The number of carbonyl (C=O) groups excluding carboxylic acids is 1. The lowest BCUT2D eigenvalue weighted by atomic mass is 9.86. The van der Waals surface area contributed by atoms with Crippen LogP contribution in [0.25, 0.3) is 0 Å². The van der Waals surface area contributed by atoms with E-state index in [4.69, 9.17) is 4.74 Å². The molecule has 0 aliphatic rings. The van der Waals surface area contributed by atoms with Crippen molar-refractivity contribution in [3.63, 3.8) is 0 Å². The molecule has 0 atom stereocenters. The standard InChI is InChI=1S/C13H23N3O2/c1-10(2)11(17)5-7-18-8-6-13(3,4)12-9-14-16-15-12/h9-10H,5-8H2,1-4H3,(H,14,15,16). The third-order valence-electron chi connectivity index (χ3n) is 3.12. The first kappa shape index (κ1) is 14.8. The van der Waals surface area contributed by atoms with E-state index in [-0.39, 0.29) is 17.1 Å². The van der Waals surface area contributed by atoms with Crippen molar-refractivity contribution < 1.29 is 9.53 Å². The SMILES string of the molecule is CC(C)C(=O)CCOCCC(C)(C)c1cn[nH]n1. The Labute approximate surface area is 108 Å². The Morgan fingerprint density at radius 2 is 2.17 bits per heavy atom. The molecule has 0 aromatic carbocycles. The number of ketones is 1. The molecule has 0 unspecified atom stereocenters. The molecule has 0 fully saturated rings. The molecule has 0 saturated heterocycles. The van der Waals surface area contributed by atoms with E-state index in [1.165, 1.54) is 0 Å². The fraction of sp³-hybridized carbons (Fsp3) is 0.769. The second-order valence-electron chi connectivity index (χ2n) is 5.47. The van der Waals surface area contributed by atoms with Crippen LogP contribution in [0.2, 0.25) is 0 Å². The first-order valence-electron chi connectivity index (χ1n) is 6.40. The predicted octanol–water partition coefficient (Wildman–Crippen LogP) is 2.10. The second kappa shape index (κ2) is 6.64. The highest BCUT2D eigenvalue weighted by atomic mass is 16.5. The molecule has 0 amide bonds. The van der Waals surface area contributed by atoms with Crippen LogP contribution in [0.4, 0.5) is 0 Å². The molecule has 1 N–H and O–H groups in total. The summed E-state index contributed by atoms with van der Waals surface area (Å²) in [6, 6.07) is 0. The van der Waals surface area contributed by atoms with Crippen LogP contribution >= 0.6 is 0 Å². The lowest BCUT2D eigenvalue weighted by molar-refractivity contribution is -0.123. The van der Waals surface area contributed by atoms with E-state index in [1.54, 1.807) is 6.20 Å². The maximum absolute atomic E-state index is 11.4. The minimum absolute atomic E-state index is 0.0605. The van der Waals surface area contributed by atoms with Crippen molar-refractivity contribution in [2.75, 3.05) is 13.2 Å². The van der Waals surface area contributed by atoms with Crippen LogP contribution in [0, 0.1) is 5.92 Å². The number of carbonyl (C=O) groups is 1. The van der Waals surface area contributed by atoms with Gasteiger partial charge in [-0.1, -0.05) is 27.7 Å². The third-order valence-corrected chi connectivity index (χ3v) is 3.12. The smallest absolute Gasteiger partial charge is 0.137 e. The Kier molecular flexibility index (Phi) is 5.47. The Hall–Kier alpha value is -1.23. The highest BCUT2D eigenvalue weighted by Crippen LogP contribution is 2.24. The molecular weight excluding hydrogens is 230 g/mol. The van der Waals surface area contributed by atoms with Crippen molar-refractivity contribution in [3.8, 4) is 0 Å². The predicted molar refractivity (Wildman–Crippen MR) is 69.3 cm³/mol. The molecule has 5 nitrogen and oxygen atoms in total. The molecule has 0 saturated carbocycles. The number of hydrogen-bond donors (Lipinski definition) is 1. The Bertz CT molecular complexity index is 358. The number of Topliss-reactive ketones (excluding diaryl/α,β-unsaturated/α-hetero) is 1. The van der Waals surface area contributed by atoms with Gasteiger partial charge in [0.05, 0.1) is 18.5 Å². The highest BCUT2D eigenvalue weighted by Gasteiger charge is 2.23. The van der Waals surface area contributed by atoms with E-state index in [9.17, 15) is 4.79 Å². The van der Waals surface area contributed by atoms with Gasteiger partial charge >= 0.3 is 0 Å². The van der Waals surface area contributed by atoms with Crippen LogP contribution in [-0.2, 0) is 14.9 Å². The largest absolute Gasteiger partial charge is 0.381 e. The summed E-state index contributed by atoms with van der Waals surface area (Å²) in [7, 11) is 0. The maximum atomic E-state index is 11.4. The summed E-state index contributed by atoms with van der Waals surface area (Å²) in [6.07, 6.45) is 3.10. The highest BCUT2D eigenvalue weighted by molar-refractivity contribution is 5.80. The van der Waals surface area contributed by atoms with Crippen LogP contribution in [0.3, 0.4) is 0 Å². The summed E-state index contributed by atoms with van der Waals surface area (Å²) in [5.74, 6) is 0.353. The molecule has 1 aromatic heterocycles. The summed E-state index contributed by atoms with van der Waals surface area (Å²) in [4.78, 5) is 11.4. The quantitative estimate of drug-likeness (QED) is 0.720. The van der Waals surface area contributed by atoms with Crippen molar-refractivity contribution in [1.29, 1.82) is 0 Å². The summed E-state index contributed by atoms with van der Waals surface area (Å²) in [5, 5.41) is 10.5. The molecule has 102 valence electrons. The van der Waals surface area contributed by atoms with Crippen LogP contribution in [0.5, 0.6) is 0 Å². The average molecular weight is 253 g/mol. The van der Waals surface area contributed by atoms with Crippen LogP contribution < -0.4 is 0 Å². The second-order valence-corrected chi connectivity index (χ2v) is 5.47. The summed E-state index contributed by atoms with van der Waals surface area (Å²) in [6.45, 7) is 9.17. The number of nitrogens with one attached hydrogen (secondary N) is 1. The van der Waals surface area contributed by atoms with Gasteiger partial charge in [-0.25, -0.2) is 0 Å². The van der Waals surface area contributed by atoms with Gasteiger partial charge in [-0.15, -0.1) is 0 Å². The van der Waals surface area contributed by atoms with E-state index in [1.807, 2.05) is 13.8 Å². The fourth-order valence-electron chi connectivity index (χ4n) is 1.55. The summed E-state index contributed by atoms with van der Waals surface area (Å²) in [5.41, 5.74) is 0.874. The Balaban J connectivity index is 2.20. The monoisotopic (exact) mass is 253 g/mol. The molecule has 18 heavy (non-hydrogen) atoms. The van der Waals surface area contributed by atoms with Gasteiger partial charge in [0.1, 0.15) is 5.78 Å². The molecule has 0 radical (unpaired) electrons. The number of H-pyrrole nitrogens is 1. The fourth-order valence-corrected chi connectivity index (χ4v) is 1.55. The summed E-state index contributed by atoms with van der Waals surface area (Å²) >= 11 is 0. The van der Waals surface area contributed by atoms with Crippen LogP contribution in [-0.4, -0.2) is 34.4 Å². The van der Waals surface area contributed by atoms with Gasteiger partial charge in [-0.05, 0) is 6.42 Å². The van der Waals surface area contributed by atoms with Crippen LogP contribution in [0.15, 0.2) is 6.20 Å². The normalized spacial score (nSPS) is 12.1. The van der Waals surface area contributed by atoms with E-state index < -0.39 is 0 Å². The third kappa shape index (κ3) is 4.56. The minimum atomic E-state index is -0.0605.